The standard InChI is InChI=1S/C25H35N3O/c1-21-11-13-23(14-12-21)9-6-10-25(29)26-22(2)19-27-15-17-28(18-16-27)20-24-7-4-3-5-8-24/h3-5,7-8,11-14,22H,6,9-10,15-20H2,1-2H3,(H,26,29)/t22-/m0/s1. The fourth-order valence-electron chi connectivity index (χ4n) is 3.96. The molecule has 0 unspecified atom stereocenters. The van der Waals surface area contributed by atoms with Crippen LogP contribution in [-0.4, -0.2) is 54.5 Å². The highest BCUT2D eigenvalue weighted by Gasteiger charge is 2.19. The maximum atomic E-state index is 12.3. The highest BCUT2D eigenvalue weighted by atomic mass is 16.1. The maximum Gasteiger partial charge on any atom is 0.220 e. The van der Waals surface area contributed by atoms with Gasteiger partial charge in [-0.2, -0.15) is 0 Å². The summed E-state index contributed by atoms with van der Waals surface area (Å²) in [6, 6.07) is 19.5. The zero-order valence-corrected chi connectivity index (χ0v) is 17.9. The molecule has 0 spiro atoms. The lowest BCUT2D eigenvalue weighted by Gasteiger charge is -2.36. The van der Waals surface area contributed by atoms with Crippen LogP contribution >= 0.6 is 0 Å². The number of carbonyl (C=O) groups excluding carboxylic acids is 1. The van der Waals surface area contributed by atoms with E-state index in [4.69, 9.17) is 0 Å². The zero-order chi connectivity index (χ0) is 20.5. The molecule has 0 aliphatic carbocycles. The van der Waals surface area contributed by atoms with Gasteiger partial charge in [-0.1, -0.05) is 60.2 Å². The van der Waals surface area contributed by atoms with Crippen LogP contribution in [0.3, 0.4) is 0 Å². The summed E-state index contributed by atoms with van der Waals surface area (Å²) in [5.41, 5.74) is 3.97. The van der Waals surface area contributed by atoms with Crippen LogP contribution in [-0.2, 0) is 17.8 Å². The van der Waals surface area contributed by atoms with E-state index in [1.807, 2.05) is 0 Å². The van der Waals surface area contributed by atoms with Crippen molar-refractivity contribution < 1.29 is 4.79 Å². The molecule has 1 N–H and O–H groups in total. The SMILES string of the molecule is Cc1ccc(CCCC(=O)N[C@@H](C)CN2CCN(Cc3ccccc3)CC2)cc1. The first-order valence-electron chi connectivity index (χ1n) is 10.9. The Labute approximate surface area is 175 Å². The third-order valence-electron chi connectivity index (χ3n) is 5.64. The lowest BCUT2D eigenvalue weighted by molar-refractivity contribution is -0.121. The van der Waals surface area contributed by atoms with Crippen molar-refractivity contribution in [2.45, 2.75) is 45.7 Å². The van der Waals surface area contributed by atoms with Gasteiger partial charge < -0.3 is 5.32 Å². The largest absolute Gasteiger partial charge is 0.352 e. The van der Waals surface area contributed by atoms with E-state index in [1.54, 1.807) is 0 Å². The minimum Gasteiger partial charge on any atom is -0.352 e. The molecule has 1 atom stereocenters. The van der Waals surface area contributed by atoms with Crippen LogP contribution in [0, 0.1) is 6.92 Å². The molecule has 0 radical (unpaired) electrons. The lowest BCUT2D eigenvalue weighted by Crippen LogP contribution is -2.50. The molecule has 1 fully saturated rings. The Balaban J connectivity index is 1.29. The number of nitrogens with zero attached hydrogens (tertiary/aromatic N) is 2. The second-order valence-electron chi connectivity index (χ2n) is 8.37. The first kappa shape index (κ1) is 21.5. The molecule has 1 heterocycles. The molecule has 4 heteroatoms. The number of rotatable bonds is 9. The predicted octanol–water partition coefficient (Wildman–Crippen LogP) is 3.64. The van der Waals surface area contributed by atoms with Gasteiger partial charge in [0, 0.05) is 51.7 Å². The normalized spacial score (nSPS) is 16.5. The van der Waals surface area contributed by atoms with Crippen molar-refractivity contribution in [1.82, 2.24) is 15.1 Å². The molecule has 1 aliphatic rings. The summed E-state index contributed by atoms with van der Waals surface area (Å²) in [7, 11) is 0. The summed E-state index contributed by atoms with van der Waals surface area (Å²) < 4.78 is 0. The van der Waals surface area contributed by atoms with Gasteiger partial charge in [-0.3, -0.25) is 14.6 Å². The Morgan fingerprint density at radius 3 is 2.28 bits per heavy atom. The van der Waals surface area contributed by atoms with E-state index in [2.05, 4.69) is 83.6 Å². The van der Waals surface area contributed by atoms with Crippen molar-refractivity contribution in [1.29, 1.82) is 0 Å². The van der Waals surface area contributed by atoms with Gasteiger partial charge in [-0.15, -0.1) is 0 Å². The topological polar surface area (TPSA) is 35.6 Å². The van der Waals surface area contributed by atoms with Crippen LogP contribution in [0.4, 0.5) is 0 Å². The van der Waals surface area contributed by atoms with E-state index in [0.29, 0.717) is 6.42 Å². The number of amides is 1. The summed E-state index contributed by atoms with van der Waals surface area (Å²) in [6.07, 6.45) is 2.47. The predicted molar refractivity (Wildman–Crippen MR) is 120 cm³/mol. The molecule has 1 amide bonds. The molecule has 2 aromatic rings. The molecule has 156 valence electrons. The van der Waals surface area contributed by atoms with Crippen molar-refractivity contribution in [2.75, 3.05) is 32.7 Å². The number of hydrogen-bond acceptors (Lipinski definition) is 3. The van der Waals surface area contributed by atoms with E-state index in [9.17, 15) is 4.79 Å². The third kappa shape index (κ3) is 7.64. The number of aryl methyl sites for hydroxylation is 2. The second-order valence-corrected chi connectivity index (χ2v) is 8.37. The highest BCUT2D eigenvalue weighted by molar-refractivity contribution is 5.76. The number of piperazine rings is 1. The summed E-state index contributed by atoms with van der Waals surface area (Å²) >= 11 is 0. The van der Waals surface area contributed by atoms with Crippen molar-refractivity contribution in [3.05, 3.63) is 71.3 Å². The molecule has 0 aromatic heterocycles. The molecule has 0 bridgehead atoms. The second kappa shape index (κ2) is 11.1. The van der Waals surface area contributed by atoms with Crippen LogP contribution in [0.25, 0.3) is 0 Å². The Morgan fingerprint density at radius 1 is 0.931 bits per heavy atom. The number of benzene rings is 2. The minimum absolute atomic E-state index is 0.173. The molecule has 0 saturated carbocycles. The summed E-state index contributed by atoms with van der Waals surface area (Å²) in [5, 5.41) is 3.18. The third-order valence-corrected chi connectivity index (χ3v) is 5.64. The van der Waals surface area contributed by atoms with Crippen molar-refractivity contribution in [3.63, 3.8) is 0 Å². The monoisotopic (exact) mass is 393 g/mol. The zero-order valence-electron chi connectivity index (χ0n) is 17.9. The number of nitrogens with one attached hydrogen (secondary N) is 1. The van der Waals surface area contributed by atoms with Gasteiger partial charge in [0.1, 0.15) is 0 Å². The van der Waals surface area contributed by atoms with Crippen LogP contribution in [0.1, 0.15) is 36.5 Å². The molecule has 1 aliphatic heterocycles. The van der Waals surface area contributed by atoms with Gasteiger partial charge in [0.25, 0.3) is 0 Å². The van der Waals surface area contributed by atoms with Crippen molar-refractivity contribution in [2.24, 2.45) is 0 Å². The number of carbonyl (C=O) groups is 1. The minimum atomic E-state index is 0.173. The highest BCUT2D eigenvalue weighted by Crippen LogP contribution is 2.10. The van der Waals surface area contributed by atoms with Gasteiger partial charge in [-0.05, 0) is 37.8 Å². The van der Waals surface area contributed by atoms with Gasteiger partial charge in [0.05, 0.1) is 0 Å². The van der Waals surface area contributed by atoms with Crippen molar-refractivity contribution >= 4 is 5.91 Å². The number of hydrogen-bond donors (Lipinski definition) is 1. The molecular weight excluding hydrogens is 358 g/mol. The van der Waals surface area contributed by atoms with Crippen LogP contribution in [0.2, 0.25) is 0 Å². The van der Waals surface area contributed by atoms with Crippen LogP contribution in [0.5, 0.6) is 0 Å². The van der Waals surface area contributed by atoms with Gasteiger partial charge in [-0.25, -0.2) is 0 Å². The van der Waals surface area contributed by atoms with E-state index < -0.39 is 0 Å². The first-order chi connectivity index (χ1) is 14.1. The molecule has 1 saturated heterocycles. The van der Waals surface area contributed by atoms with Crippen LogP contribution < -0.4 is 5.32 Å². The molecule has 29 heavy (non-hydrogen) atoms. The molecule has 3 rings (SSSR count). The summed E-state index contributed by atoms with van der Waals surface area (Å²) in [6.45, 7) is 10.5. The van der Waals surface area contributed by atoms with Gasteiger partial charge in [0.15, 0.2) is 0 Å². The summed E-state index contributed by atoms with van der Waals surface area (Å²) in [5.74, 6) is 0.173. The Hall–Kier alpha value is -2.17. The average molecular weight is 394 g/mol. The molecular formula is C25H35N3O. The van der Waals surface area contributed by atoms with E-state index in [-0.39, 0.29) is 11.9 Å². The Bertz CT molecular complexity index is 736. The quantitative estimate of drug-likeness (QED) is 0.706. The Morgan fingerprint density at radius 2 is 1.59 bits per heavy atom. The summed E-state index contributed by atoms with van der Waals surface area (Å²) in [4.78, 5) is 17.2. The maximum absolute atomic E-state index is 12.3. The smallest absolute Gasteiger partial charge is 0.220 e. The van der Waals surface area contributed by atoms with Gasteiger partial charge >= 0.3 is 0 Å². The fourth-order valence-corrected chi connectivity index (χ4v) is 3.96. The van der Waals surface area contributed by atoms with Crippen LogP contribution in [0.15, 0.2) is 54.6 Å². The fraction of sp³-hybridized carbons (Fsp3) is 0.480. The Kier molecular flexibility index (Phi) is 8.26. The lowest BCUT2D eigenvalue weighted by atomic mass is 10.1. The van der Waals surface area contributed by atoms with Crippen molar-refractivity contribution in [3.8, 4) is 0 Å². The first-order valence-corrected chi connectivity index (χ1v) is 10.9. The van der Waals surface area contributed by atoms with Gasteiger partial charge in [0.2, 0.25) is 5.91 Å². The van der Waals surface area contributed by atoms with E-state index in [0.717, 1.165) is 52.1 Å². The average Bonchev–Trinajstić information content (AvgIpc) is 2.72. The van der Waals surface area contributed by atoms with E-state index in [1.165, 1.54) is 16.7 Å². The molecule has 4 nitrogen and oxygen atoms in total. The van der Waals surface area contributed by atoms with E-state index >= 15 is 0 Å². The molecule has 2 aromatic carbocycles.